The van der Waals surface area contributed by atoms with E-state index in [2.05, 4.69) is 25.4 Å². The number of carbonyl (C=O) groups is 2. The zero-order valence-electron chi connectivity index (χ0n) is 14.9. The van der Waals surface area contributed by atoms with Crippen molar-refractivity contribution in [1.82, 2.24) is 24.7 Å². The molecule has 0 unspecified atom stereocenters. The van der Waals surface area contributed by atoms with Crippen molar-refractivity contribution in [2.75, 3.05) is 5.32 Å². The van der Waals surface area contributed by atoms with Gasteiger partial charge >= 0.3 is 0 Å². The number of hydrogen-bond donors (Lipinski definition) is 3. The fraction of sp³-hybridized carbons (Fsp3) is 0.0556. The highest BCUT2D eigenvalue weighted by Gasteiger charge is 2.27. The molecular weight excluding hydrogens is 384 g/mol. The van der Waals surface area contributed by atoms with Crippen molar-refractivity contribution in [2.24, 2.45) is 12.8 Å². The molecule has 0 saturated heterocycles. The first-order chi connectivity index (χ1) is 13.9. The van der Waals surface area contributed by atoms with E-state index in [9.17, 15) is 18.4 Å². The van der Waals surface area contributed by atoms with Crippen LogP contribution in [0.15, 0.2) is 37.1 Å². The summed E-state index contributed by atoms with van der Waals surface area (Å²) in [7, 11) is 1.73. The molecule has 9 nitrogen and oxygen atoms in total. The molecule has 0 spiro atoms. The van der Waals surface area contributed by atoms with Crippen LogP contribution in [0.4, 0.5) is 20.3 Å². The molecule has 0 fully saturated rings. The third kappa shape index (κ3) is 3.08. The Morgan fingerprint density at radius 2 is 2.00 bits per heavy atom. The summed E-state index contributed by atoms with van der Waals surface area (Å²) < 4.78 is 30.5. The van der Waals surface area contributed by atoms with Crippen molar-refractivity contribution < 1.29 is 18.4 Å². The molecule has 11 heteroatoms. The SMILES string of the molecule is Cn1cc(Nc2ncnc3[nH]cc(C(=O)c4c(F)ccc(C(N)=O)c4F)c23)cn1. The van der Waals surface area contributed by atoms with E-state index in [1.165, 1.54) is 18.7 Å². The van der Waals surface area contributed by atoms with Crippen LogP contribution < -0.4 is 11.1 Å². The molecule has 3 heterocycles. The molecule has 0 atom stereocenters. The Balaban J connectivity index is 1.86. The number of aromatic amines is 1. The summed E-state index contributed by atoms with van der Waals surface area (Å²) in [5.41, 5.74) is 4.41. The average molecular weight is 397 g/mol. The minimum atomic E-state index is -1.32. The third-order valence-electron chi connectivity index (χ3n) is 4.27. The van der Waals surface area contributed by atoms with Crippen LogP contribution in [0, 0.1) is 11.6 Å². The molecule has 1 amide bonds. The number of nitrogens with one attached hydrogen (secondary N) is 2. The van der Waals surface area contributed by atoms with E-state index in [4.69, 9.17) is 5.73 Å². The molecule has 1 aromatic carbocycles. The van der Waals surface area contributed by atoms with Crippen LogP contribution in [0.5, 0.6) is 0 Å². The van der Waals surface area contributed by atoms with Gasteiger partial charge in [0.2, 0.25) is 5.78 Å². The largest absolute Gasteiger partial charge is 0.366 e. The zero-order chi connectivity index (χ0) is 20.7. The molecule has 0 aliphatic rings. The first kappa shape index (κ1) is 18.2. The molecule has 146 valence electrons. The van der Waals surface area contributed by atoms with Crippen molar-refractivity contribution in [3.8, 4) is 0 Å². The van der Waals surface area contributed by atoms with Gasteiger partial charge in [0.25, 0.3) is 5.91 Å². The summed E-state index contributed by atoms with van der Waals surface area (Å²) in [5, 5.41) is 7.25. The summed E-state index contributed by atoms with van der Waals surface area (Å²) in [6, 6.07) is 1.70. The lowest BCUT2D eigenvalue weighted by atomic mass is 9.99. The monoisotopic (exact) mass is 397 g/mol. The van der Waals surface area contributed by atoms with Crippen molar-refractivity contribution in [1.29, 1.82) is 0 Å². The molecule has 0 aliphatic heterocycles. The number of amides is 1. The lowest BCUT2D eigenvalue weighted by molar-refractivity contribution is 0.0996. The molecule has 29 heavy (non-hydrogen) atoms. The number of nitrogens with two attached hydrogens (primary N) is 1. The van der Waals surface area contributed by atoms with E-state index in [1.54, 1.807) is 17.9 Å². The summed E-state index contributed by atoms with van der Waals surface area (Å²) in [6.45, 7) is 0. The van der Waals surface area contributed by atoms with Crippen LogP contribution in [-0.2, 0) is 7.05 Å². The maximum Gasteiger partial charge on any atom is 0.251 e. The van der Waals surface area contributed by atoms with Gasteiger partial charge < -0.3 is 16.0 Å². The second kappa shape index (κ2) is 6.78. The number of benzene rings is 1. The molecular formula is C18H13F2N7O2. The molecule has 4 rings (SSSR count). The first-order valence-electron chi connectivity index (χ1n) is 8.27. The summed E-state index contributed by atoms with van der Waals surface area (Å²) in [6.07, 6.45) is 5.75. The molecule has 0 saturated carbocycles. The number of fused-ring (bicyclic) bond motifs is 1. The predicted octanol–water partition coefficient (Wildman–Crippen LogP) is 2.04. The summed E-state index contributed by atoms with van der Waals surface area (Å²) >= 11 is 0. The number of H-pyrrole nitrogens is 1. The number of anilines is 2. The fourth-order valence-corrected chi connectivity index (χ4v) is 2.94. The number of nitrogens with zero attached hydrogens (tertiary/aromatic N) is 4. The van der Waals surface area contributed by atoms with E-state index >= 15 is 0 Å². The smallest absolute Gasteiger partial charge is 0.251 e. The standard InChI is InChI=1S/C18H13F2N7O2/c1-27-6-8(4-25-27)26-18-12-10(5-22-17(12)23-7-24-18)15(28)13-11(19)3-2-9(14(13)20)16(21)29/h2-7H,1H3,(H2,21,29)(H2,22,23,24,26). The Morgan fingerprint density at radius 1 is 1.21 bits per heavy atom. The fourth-order valence-electron chi connectivity index (χ4n) is 2.94. The zero-order valence-corrected chi connectivity index (χ0v) is 14.9. The minimum Gasteiger partial charge on any atom is -0.366 e. The second-order valence-corrected chi connectivity index (χ2v) is 6.15. The van der Waals surface area contributed by atoms with Gasteiger partial charge in [-0.2, -0.15) is 5.10 Å². The Hall–Kier alpha value is -4.15. The maximum absolute atomic E-state index is 14.6. The normalized spacial score (nSPS) is 11.0. The van der Waals surface area contributed by atoms with Gasteiger partial charge in [-0.25, -0.2) is 18.7 Å². The topological polar surface area (TPSA) is 132 Å². The van der Waals surface area contributed by atoms with E-state index in [0.29, 0.717) is 5.69 Å². The van der Waals surface area contributed by atoms with Gasteiger partial charge in [0.15, 0.2) is 0 Å². The number of halogens is 2. The number of rotatable bonds is 5. The lowest BCUT2D eigenvalue weighted by Gasteiger charge is -2.08. The minimum absolute atomic E-state index is 0.0774. The van der Waals surface area contributed by atoms with Gasteiger partial charge in [-0.05, 0) is 12.1 Å². The molecule has 0 radical (unpaired) electrons. The van der Waals surface area contributed by atoms with E-state index in [-0.39, 0.29) is 22.4 Å². The van der Waals surface area contributed by atoms with Gasteiger partial charge in [-0.3, -0.25) is 14.3 Å². The Bertz CT molecular complexity index is 1280. The summed E-state index contributed by atoms with van der Waals surface area (Å²) in [4.78, 5) is 35.3. The molecule has 0 bridgehead atoms. The van der Waals surface area contributed by atoms with Gasteiger partial charge in [0, 0.05) is 19.4 Å². The summed E-state index contributed by atoms with van der Waals surface area (Å²) in [5.74, 6) is -4.31. The number of ketones is 1. The van der Waals surface area contributed by atoms with Crippen LogP contribution in [0.1, 0.15) is 26.3 Å². The van der Waals surface area contributed by atoms with Crippen molar-refractivity contribution >= 4 is 34.2 Å². The molecule has 0 aliphatic carbocycles. The molecule has 4 N–H and O–H groups in total. The number of aryl methyl sites for hydroxylation is 1. The van der Waals surface area contributed by atoms with Crippen molar-refractivity contribution in [2.45, 2.75) is 0 Å². The van der Waals surface area contributed by atoms with Gasteiger partial charge in [0.05, 0.1) is 34.0 Å². The first-order valence-corrected chi connectivity index (χ1v) is 8.27. The molecule has 3 aromatic heterocycles. The maximum atomic E-state index is 14.6. The quantitative estimate of drug-likeness (QED) is 0.442. The van der Waals surface area contributed by atoms with E-state index in [1.807, 2.05) is 0 Å². The number of primary amides is 1. The Labute approximate surface area is 161 Å². The Morgan fingerprint density at radius 3 is 2.69 bits per heavy atom. The van der Waals surface area contributed by atoms with Gasteiger partial charge in [-0.1, -0.05) is 0 Å². The van der Waals surface area contributed by atoms with Crippen LogP contribution >= 0.6 is 0 Å². The van der Waals surface area contributed by atoms with Gasteiger partial charge in [-0.15, -0.1) is 0 Å². The number of aromatic nitrogens is 5. The molecule has 4 aromatic rings. The predicted molar refractivity (Wildman–Crippen MR) is 98.7 cm³/mol. The highest BCUT2D eigenvalue weighted by molar-refractivity contribution is 6.18. The highest BCUT2D eigenvalue weighted by Crippen LogP contribution is 2.29. The average Bonchev–Trinajstić information content (AvgIpc) is 3.28. The van der Waals surface area contributed by atoms with Crippen LogP contribution in [0.25, 0.3) is 11.0 Å². The van der Waals surface area contributed by atoms with Crippen LogP contribution in [0.2, 0.25) is 0 Å². The lowest BCUT2D eigenvalue weighted by Crippen LogP contribution is -2.17. The van der Waals surface area contributed by atoms with Crippen LogP contribution in [-0.4, -0.2) is 36.4 Å². The third-order valence-corrected chi connectivity index (χ3v) is 4.27. The van der Waals surface area contributed by atoms with Gasteiger partial charge in [0.1, 0.15) is 29.4 Å². The second-order valence-electron chi connectivity index (χ2n) is 6.15. The van der Waals surface area contributed by atoms with Crippen LogP contribution in [0.3, 0.4) is 0 Å². The number of hydrogen-bond acceptors (Lipinski definition) is 6. The highest BCUT2D eigenvalue weighted by atomic mass is 19.1. The van der Waals surface area contributed by atoms with E-state index < -0.39 is 34.5 Å². The van der Waals surface area contributed by atoms with E-state index in [0.717, 1.165) is 12.1 Å². The Kier molecular flexibility index (Phi) is 4.26. The van der Waals surface area contributed by atoms with Crippen molar-refractivity contribution in [3.63, 3.8) is 0 Å². The van der Waals surface area contributed by atoms with Crippen molar-refractivity contribution in [3.05, 3.63) is 65.4 Å². The number of carbonyl (C=O) groups excluding carboxylic acids is 2.